The molecule has 0 saturated heterocycles. The molecule has 0 aliphatic carbocycles. The molecular weight excluding hydrogens is 202 g/mol. The molecule has 0 bridgehead atoms. The van der Waals surface area contributed by atoms with Crippen molar-refractivity contribution in [3.8, 4) is 0 Å². The van der Waals surface area contributed by atoms with Gasteiger partial charge in [-0.05, 0) is 10.7 Å². The molecule has 0 spiro atoms. The standard InChI is InChI=1S/C5H12O5P2/c1-2-3-4-5-12(8,9)10-11(6)7/h2-5H2,1H3,(H-,6,7,8,9)/p+1. The normalized spacial score (nSPS) is 17.1. The van der Waals surface area contributed by atoms with Crippen molar-refractivity contribution in [1.29, 1.82) is 0 Å². The average molecular weight is 215 g/mol. The lowest BCUT2D eigenvalue weighted by Crippen LogP contribution is -1.89. The van der Waals surface area contributed by atoms with E-state index in [1.807, 2.05) is 6.92 Å². The highest BCUT2D eigenvalue weighted by Gasteiger charge is 2.31. The minimum Gasteiger partial charge on any atom is -0.322 e. The van der Waals surface area contributed by atoms with Gasteiger partial charge in [0.25, 0.3) is 0 Å². The lowest BCUT2D eigenvalue weighted by Gasteiger charge is -2.01. The van der Waals surface area contributed by atoms with Gasteiger partial charge >= 0.3 is 15.9 Å². The topological polar surface area (TPSA) is 83.8 Å². The number of hydrogen-bond donors (Lipinski definition) is 2. The van der Waals surface area contributed by atoms with Crippen molar-refractivity contribution in [3.63, 3.8) is 0 Å². The maximum atomic E-state index is 10.9. The van der Waals surface area contributed by atoms with Gasteiger partial charge in [0.1, 0.15) is 0 Å². The van der Waals surface area contributed by atoms with E-state index in [2.05, 4.69) is 4.31 Å². The third-order valence-corrected chi connectivity index (χ3v) is 3.70. The maximum absolute atomic E-state index is 10.9. The van der Waals surface area contributed by atoms with Crippen LogP contribution in [0.1, 0.15) is 26.2 Å². The van der Waals surface area contributed by atoms with E-state index in [9.17, 15) is 9.13 Å². The van der Waals surface area contributed by atoms with Crippen LogP contribution in [0.15, 0.2) is 0 Å². The summed E-state index contributed by atoms with van der Waals surface area (Å²) in [5.41, 5.74) is 0. The molecule has 0 fully saturated rings. The van der Waals surface area contributed by atoms with Crippen LogP contribution in [0.3, 0.4) is 0 Å². The Morgan fingerprint density at radius 2 is 2.08 bits per heavy atom. The highest BCUT2D eigenvalue weighted by molar-refractivity contribution is 7.59. The summed E-state index contributed by atoms with van der Waals surface area (Å²) in [7, 11) is -6.78. The molecule has 12 heavy (non-hydrogen) atoms. The van der Waals surface area contributed by atoms with Gasteiger partial charge in [0, 0.05) is 4.57 Å². The van der Waals surface area contributed by atoms with Crippen molar-refractivity contribution >= 4 is 15.9 Å². The smallest absolute Gasteiger partial charge is 0.322 e. The predicted molar refractivity (Wildman–Crippen MR) is 45.1 cm³/mol. The zero-order valence-electron chi connectivity index (χ0n) is 6.84. The Hall–Kier alpha value is 0.210. The minimum atomic E-state index is -3.81. The first-order valence-corrected chi connectivity index (χ1v) is 6.55. The Morgan fingerprint density at radius 1 is 1.50 bits per heavy atom. The Morgan fingerprint density at radius 3 is 2.50 bits per heavy atom. The second-order valence-electron chi connectivity index (χ2n) is 2.39. The van der Waals surface area contributed by atoms with Crippen molar-refractivity contribution in [2.24, 2.45) is 0 Å². The first kappa shape index (κ1) is 12.2. The summed E-state index contributed by atoms with van der Waals surface area (Å²) in [5.74, 6) is 0. The van der Waals surface area contributed by atoms with Crippen molar-refractivity contribution in [2.45, 2.75) is 26.2 Å². The quantitative estimate of drug-likeness (QED) is 0.523. The van der Waals surface area contributed by atoms with Gasteiger partial charge in [0.05, 0.1) is 6.16 Å². The SMILES string of the molecule is CCCCCP(=O)(O)O[P+](=O)O. The van der Waals surface area contributed by atoms with E-state index in [0.29, 0.717) is 6.42 Å². The summed E-state index contributed by atoms with van der Waals surface area (Å²) in [6.45, 7) is 1.95. The predicted octanol–water partition coefficient (Wildman–Crippen LogP) is 2.03. The van der Waals surface area contributed by atoms with Crippen molar-refractivity contribution in [2.75, 3.05) is 6.16 Å². The van der Waals surface area contributed by atoms with Crippen LogP contribution < -0.4 is 0 Å². The molecule has 0 aromatic heterocycles. The minimum absolute atomic E-state index is 0.0531. The monoisotopic (exact) mass is 215 g/mol. The Labute approximate surface area is 72.2 Å². The molecule has 7 heteroatoms. The Balaban J connectivity index is 3.72. The molecular formula is C5H13O5P2+. The highest BCUT2D eigenvalue weighted by atomic mass is 31.2. The van der Waals surface area contributed by atoms with Gasteiger partial charge in [-0.2, -0.15) is 0 Å². The van der Waals surface area contributed by atoms with Crippen molar-refractivity contribution in [1.82, 2.24) is 0 Å². The number of hydrogen-bond acceptors (Lipinski definition) is 3. The first-order valence-electron chi connectivity index (χ1n) is 3.65. The van der Waals surface area contributed by atoms with E-state index in [1.165, 1.54) is 0 Å². The second-order valence-corrected chi connectivity index (χ2v) is 5.24. The van der Waals surface area contributed by atoms with Crippen LogP contribution in [0, 0.1) is 0 Å². The van der Waals surface area contributed by atoms with Crippen LogP contribution in [-0.2, 0) is 13.4 Å². The fraction of sp³-hybridized carbons (Fsp3) is 1.00. The van der Waals surface area contributed by atoms with Gasteiger partial charge in [-0.1, -0.05) is 19.8 Å². The van der Waals surface area contributed by atoms with Crippen molar-refractivity contribution < 1.29 is 23.2 Å². The molecule has 0 amide bonds. The molecule has 0 radical (unpaired) electrons. The van der Waals surface area contributed by atoms with E-state index >= 15 is 0 Å². The fourth-order valence-electron chi connectivity index (χ4n) is 0.712. The molecule has 0 saturated carbocycles. The molecule has 0 rings (SSSR count). The third-order valence-electron chi connectivity index (χ3n) is 1.24. The zero-order valence-corrected chi connectivity index (χ0v) is 8.63. The molecule has 2 atom stereocenters. The lowest BCUT2D eigenvalue weighted by molar-refractivity contribution is 0.349. The molecule has 0 aliphatic rings. The number of unbranched alkanes of at least 4 members (excludes halogenated alkanes) is 2. The molecule has 2 unspecified atom stereocenters. The van der Waals surface area contributed by atoms with Gasteiger partial charge in [0.15, 0.2) is 0 Å². The molecule has 0 aromatic rings. The maximum Gasteiger partial charge on any atom is 0.703 e. The van der Waals surface area contributed by atoms with E-state index in [4.69, 9.17) is 9.79 Å². The molecule has 0 aliphatic heterocycles. The van der Waals surface area contributed by atoms with Gasteiger partial charge in [0.2, 0.25) is 0 Å². The Kier molecular flexibility index (Phi) is 5.89. The van der Waals surface area contributed by atoms with Crippen LogP contribution >= 0.6 is 15.9 Å². The van der Waals surface area contributed by atoms with Crippen LogP contribution in [0.25, 0.3) is 0 Å². The molecule has 0 heterocycles. The third kappa shape index (κ3) is 6.89. The second kappa shape index (κ2) is 5.79. The van der Waals surface area contributed by atoms with Gasteiger partial charge in [-0.3, -0.25) is 4.57 Å². The van der Waals surface area contributed by atoms with Crippen LogP contribution in [0.4, 0.5) is 0 Å². The summed E-state index contributed by atoms with van der Waals surface area (Å²) >= 11 is 0. The lowest BCUT2D eigenvalue weighted by atomic mass is 10.3. The number of rotatable bonds is 6. The van der Waals surface area contributed by atoms with Gasteiger partial charge in [-0.15, -0.1) is 4.89 Å². The van der Waals surface area contributed by atoms with E-state index in [1.54, 1.807) is 0 Å². The fourth-order valence-corrected chi connectivity index (χ4v) is 2.53. The largest absolute Gasteiger partial charge is 0.703 e. The first-order chi connectivity index (χ1) is 5.48. The highest BCUT2D eigenvalue weighted by Crippen LogP contribution is 2.50. The molecule has 0 aromatic carbocycles. The summed E-state index contributed by atoms with van der Waals surface area (Å²) in [6.07, 6.45) is 2.22. The van der Waals surface area contributed by atoms with Crippen LogP contribution in [0.2, 0.25) is 0 Å². The summed E-state index contributed by atoms with van der Waals surface area (Å²) in [5, 5.41) is 0. The van der Waals surface area contributed by atoms with Crippen molar-refractivity contribution in [3.05, 3.63) is 0 Å². The molecule has 5 nitrogen and oxygen atoms in total. The van der Waals surface area contributed by atoms with E-state index in [-0.39, 0.29) is 6.16 Å². The van der Waals surface area contributed by atoms with E-state index in [0.717, 1.165) is 12.8 Å². The summed E-state index contributed by atoms with van der Waals surface area (Å²) in [4.78, 5) is 17.1. The average Bonchev–Trinajstić information content (AvgIpc) is 1.84. The van der Waals surface area contributed by atoms with Crippen LogP contribution in [0.5, 0.6) is 0 Å². The van der Waals surface area contributed by atoms with Crippen LogP contribution in [-0.4, -0.2) is 15.9 Å². The summed E-state index contributed by atoms with van der Waals surface area (Å²) in [6, 6.07) is 0. The van der Waals surface area contributed by atoms with Gasteiger partial charge < -0.3 is 4.89 Å². The molecule has 2 N–H and O–H groups in total. The Bertz CT molecular complexity index is 192. The van der Waals surface area contributed by atoms with E-state index < -0.39 is 15.9 Å². The molecule has 72 valence electrons. The van der Waals surface area contributed by atoms with Gasteiger partial charge in [-0.25, -0.2) is 0 Å². The summed E-state index contributed by atoms with van der Waals surface area (Å²) < 4.78 is 24.9. The zero-order chi connectivity index (χ0) is 9.61.